The second-order valence-corrected chi connectivity index (χ2v) is 4.70. The van der Waals surface area contributed by atoms with Crippen molar-refractivity contribution in [3.05, 3.63) is 52.4 Å². The average Bonchev–Trinajstić information content (AvgIpc) is 2.47. The first-order valence-electron chi connectivity index (χ1n) is 6.45. The number of nitrogens with two attached hydrogens (primary N) is 1. The highest BCUT2D eigenvalue weighted by Gasteiger charge is 2.15. The first kappa shape index (κ1) is 15.2. The molecule has 0 aliphatic heterocycles. The number of hydrazine groups is 1. The number of nitrogens with zero attached hydrogens (tertiary/aromatic N) is 4. The van der Waals surface area contributed by atoms with Gasteiger partial charge in [-0.3, -0.25) is 9.58 Å². The van der Waals surface area contributed by atoms with Crippen molar-refractivity contribution in [1.29, 1.82) is 0 Å². The zero-order valence-electron chi connectivity index (χ0n) is 11.7. The van der Waals surface area contributed by atoms with E-state index in [2.05, 4.69) is 16.5 Å². The quantitative estimate of drug-likeness (QED) is 0.518. The summed E-state index contributed by atoms with van der Waals surface area (Å²) in [7, 11) is 0. The lowest BCUT2D eigenvalue weighted by Crippen LogP contribution is -2.36. The summed E-state index contributed by atoms with van der Waals surface area (Å²) >= 11 is 6.20. The van der Waals surface area contributed by atoms with Gasteiger partial charge in [-0.1, -0.05) is 29.8 Å². The fourth-order valence-electron chi connectivity index (χ4n) is 1.90. The molecule has 110 valence electrons. The summed E-state index contributed by atoms with van der Waals surface area (Å²) in [5.41, 5.74) is 0.241. The topological polar surface area (TPSA) is 77.0 Å². The molecule has 7 heteroatoms. The van der Waals surface area contributed by atoms with E-state index in [0.717, 1.165) is 0 Å². The van der Waals surface area contributed by atoms with Crippen molar-refractivity contribution in [3.8, 4) is 11.4 Å². The highest BCUT2D eigenvalue weighted by Crippen LogP contribution is 2.25. The Labute approximate surface area is 127 Å². The minimum atomic E-state index is -0.420. The standard InChI is InChI=1S/C14H16ClN5O/c1-3-9-20(16)13-17-12(19(4-2)14(21)18-13)10-7-5-6-8-11(10)15/h3,5-8H,1,4,9,16H2,2H3. The van der Waals surface area contributed by atoms with Crippen molar-refractivity contribution in [2.24, 2.45) is 5.84 Å². The van der Waals surface area contributed by atoms with E-state index in [1.807, 2.05) is 19.1 Å². The summed E-state index contributed by atoms with van der Waals surface area (Å²) in [5, 5.41) is 1.77. The summed E-state index contributed by atoms with van der Waals surface area (Å²) in [5.74, 6) is 6.39. The molecule has 1 heterocycles. The van der Waals surface area contributed by atoms with Crippen molar-refractivity contribution in [2.75, 3.05) is 11.6 Å². The number of hydrogen-bond donors (Lipinski definition) is 1. The van der Waals surface area contributed by atoms with Gasteiger partial charge >= 0.3 is 5.69 Å². The predicted octanol–water partition coefficient (Wildman–Crippen LogP) is 1.84. The van der Waals surface area contributed by atoms with E-state index in [0.29, 0.717) is 29.5 Å². The van der Waals surface area contributed by atoms with Crippen LogP contribution >= 0.6 is 11.6 Å². The molecule has 21 heavy (non-hydrogen) atoms. The van der Waals surface area contributed by atoms with Crippen LogP contribution in [-0.4, -0.2) is 21.1 Å². The van der Waals surface area contributed by atoms with Crippen LogP contribution in [0.25, 0.3) is 11.4 Å². The SMILES string of the molecule is C=CCN(N)c1nc(-c2ccccc2Cl)n(CC)c(=O)n1. The molecule has 0 spiro atoms. The molecule has 0 atom stereocenters. The maximum absolute atomic E-state index is 12.1. The molecule has 1 aromatic heterocycles. The summed E-state index contributed by atoms with van der Waals surface area (Å²) < 4.78 is 1.45. The van der Waals surface area contributed by atoms with Crippen LogP contribution in [0.2, 0.25) is 5.02 Å². The third-order valence-electron chi connectivity index (χ3n) is 2.90. The van der Waals surface area contributed by atoms with Crippen molar-refractivity contribution >= 4 is 17.5 Å². The van der Waals surface area contributed by atoms with Crippen LogP contribution in [0.1, 0.15) is 6.92 Å². The van der Waals surface area contributed by atoms with Gasteiger partial charge in [0.15, 0.2) is 0 Å². The molecule has 2 rings (SSSR count). The van der Waals surface area contributed by atoms with Crippen LogP contribution in [0.5, 0.6) is 0 Å². The number of halogens is 1. The number of rotatable bonds is 5. The van der Waals surface area contributed by atoms with Crippen molar-refractivity contribution in [2.45, 2.75) is 13.5 Å². The molecule has 6 nitrogen and oxygen atoms in total. The van der Waals surface area contributed by atoms with Gasteiger partial charge in [-0.05, 0) is 19.1 Å². The normalized spacial score (nSPS) is 10.4. The van der Waals surface area contributed by atoms with E-state index in [1.165, 1.54) is 9.58 Å². The molecule has 0 fully saturated rings. The lowest BCUT2D eigenvalue weighted by molar-refractivity contribution is 0.677. The van der Waals surface area contributed by atoms with Gasteiger partial charge in [-0.15, -0.1) is 6.58 Å². The zero-order valence-corrected chi connectivity index (χ0v) is 12.4. The van der Waals surface area contributed by atoms with E-state index in [1.54, 1.807) is 18.2 Å². The highest BCUT2D eigenvalue weighted by atomic mass is 35.5. The number of aromatic nitrogens is 3. The van der Waals surface area contributed by atoms with Crippen LogP contribution in [0, 0.1) is 0 Å². The maximum Gasteiger partial charge on any atom is 0.352 e. The van der Waals surface area contributed by atoms with Gasteiger partial charge in [0, 0.05) is 12.1 Å². The minimum absolute atomic E-state index is 0.138. The molecule has 0 aliphatic carbocycles. The fraction of sp³-hybridized carbons (Fsp3) is 0.214. The van der Waals surface area contributed by atoms with Gasteiger partial charge < -0.3 is 0 Å². The monoisotopic (exact) mass is 305 g/mol. The molecule has 1 aromatic carbocycles. The molecule has 0 bridgehead atoms. The van der Waals surface area contributed by atoms with Crippen LogP contribution < -0.4 is 16.5 Å². The van der Waals surface area contributed by atoms with Gasteiger partial charge in [-0.25, -0.2) is 10.6 Å². The second-order valence-electron chi connectivity index (χ2n) is 4.29. The van der Waals surface area contributed by atoms with Gasteiger partial charge in [0.25, 0.3) is 0 Å². The number of anilines is 1. The van der Waals surface area contributed by atoms with Gasteiger partial charge in [0.2, 0.25) is 5.95 Å². The van der Waals surface area contributed by atoms with E-state index in [9.17, 15) is 4.79 Å². The number of benzene rings is 1. The summed E-state index contributed by atoms with van der Waals surface area (Å²) in [6.45, 7) is 6.20. The third-order valence-corrected chi connectivity index (χ3v) is 3.23. The molecule has 0 radical (unpaired) electrons. The van der Waals surface area contributed by atoms with Crippen molar-refractivity contribution < 1.29 is 0 Å². The van der Waals surface area contributed by atoms with Crippen LogP contribution in [-0.2, 0) is 6.54 Å². The van der Waals surface area contributed by atoms with Gasteiger partial charge in [0.1, 0.15) is 5.82 Å². The lowest BCUT2D eigenvalue weighted by atomic mass is 10.2. The van der Waals surface area contributed by atoms with Gasteiger partial charge in [-0.2, -0.15) is 9.97 Å². The summed E-state index contributed by atoms with van der Waals surface area (Å²) in [6, 6.07) is 7.19. The van der Waals surface area contributed by atoms with E-state index in [4.69, 9.17) is 17.4 Å². The smallest absolute Gasteiger partial charge is 0.276 e. The first-order valence-corrected chi connectivity index (χ1v) is 6.83. The molecule has 0 amide bonds. The van der Waals surface area contributed by atoms with Gasteiger partial charge in [0.05, 0.1) is 11.6 Å². The summed E-state index contributed by atoms with van der Waals surface area (Å²) in [6.07, 6.45) is 1.60. The Hall–Kier alpha value is -2.18. The average molecular weight is 306 g/mol. The Morgan fingerprint density at radius 2 is 2.14 bits per heavy atom. The van der Waals surface area contributed by atoms with E-state index < -0.39 is 5.69 Å². The Morgan fingerprint density at radius 1 is 1.43 bits per heavy atom. The first-order chi connectivity index (χ1) is 10.1. The lowest BCUT2D eigenvalue weighted by Gasteiger charge is -2.17. The van der Waals surface area contributed by atoms with E-state index in [-0.39, 0.29) is 5.95 Å². The molecule has 2 aromatic rings. The van der Waals surface area contributed by atoms with Crippen LogP contribution in [0.4, 0.5) is 5.95 Å². The minimum Gasteiger partial charge on any atom is -0.276 e. The Kier molecular flexibility index (Phi) is 4.72. The second kappa shape index (κ2) is 6.51. The van der Waals surface area contributed by atoms with E-state index >= 15 is 0 Å². The van der Waals surface area contributed by atoms with Crippen LogP contribution in [0.3, 0.4) is 0 Å². The fourth-order valence-corrected chi connectivity index (χ4v) is 2.12. The highest BCUT2D eigenvalue weighted by molar-refractivity contribution is 6.33. The Morgan fingerprint density at radius 3 is 2.76 bits per heavy atom. The maximum atomic E-state index is 12.1. The molecule has 0 saturated heterocycles. The molecular formula is C14H16ClN5O. The van der Waals surface area contributed by atoms with Crippen molar-refractivity contribution in [1.82, 2.24) is 14.5 Å². The zero-order chi connectivity index (χ0) is 15.4. The Bertz CT molecular complexity index is 713. The molecule has 0 unspecified atom stereocenters. The van der Waals surface area contributed by atoms with Crippen molar-refractivity contribution in [3.63, 3.8) is 0 Å². The molecule has 2 N–H and O–H groups in total. The van der Waals surface area contributed by atoms with Crippen LogP contribution in [0.15, 0.2) is 41.7 Å². The molecule has 0 saturated carbocycles. The molecular weight excluding hydrogens is 290 g/mol. The molecule has 0 aliphatic rings. The third kappa shape index (κ3) is 3.12. The number of hydrogen-bond acceptors (Lipinski definition) is 5. The summed E-state index contributed by atoms with van der Waals surface area (Å²) in [4.78, 5) is 20.4. The largest absolute Gasteiger partial charge is 0.352 e. The Balaban J connectivity index is 2.66. The predicted molar refractivity (Wildman–Crippen MR) is 84.1 cm³/mol.